The highest BCUT2D eigenvalue weighted by Crippen LogP contribution is 2.31. The van der Waals surface area contributed by atoms with Crippen molar-refractivity contribution in [2.24, 2.45) is 0 Å². The van der Waals surface area contributed by atoms with Gasteiger partial charge in [-0.2, -0.15) is 13.2 Å². The van der Waals surface area contributed by atoms with Crippen molar-refractivity contribution in [2.75, 3.05) is 11.9 Å². The maximum Gasteiger partial charge on any atom is 0.416 e. The number of rotatable bonds is 5. The first-order chi connectivity index (χ1) is 9.50. The van der Waals surface area contributed by atoms with E-state index >= 15 is 0 Å². The van der Waals surface area contributed by atoms with Crippen LogP contribution in [-0.2, 0) is 12.8 Å². The Bertz CT molecular complexity index is 571. The highest BCUT2D eigenvalue weighted by molar-refractivity contribution is 7.10. The zero-order chi connectivity index (χ0) is 14.6. The van der Waals surface area contributed by atoms with Crippen LogP contribution in [0.15, 0.2) is 24.3 Å². The van der Waals surface area contributed by atoms with Crippen molar-refractivity contribution < 1.29 is 17.9 Å². The van der Waals surface area contributed by atoms with Crippen LogP contribution in [0.25, 0.3) is 0 Å². The quantitative estimate of drug-likeness (QED) is 0.917. The maximum atomic E-state index is 12.6. The molecule has 1 aromatic carbocycles. The van der Waals surface area contributed by atoms with E-state index in [-0.39, 0.29) is 12.4 Å². The largest absolute Gasteiger partial charge is 0.487 e. The van der Waals surface area contributed by atoms with E-state index in [9.17, 15) is 13.2 Å². The summed E-state index contributed by atoms with van der Waals surface area (Å²) in [6.07, 6.45) is -4.38. The minimum absolute atomic E-state index is 0.0696. The second-order valence-electron chi connectivity index (χ2n) is 3.89. The van der Waals surface area contributed by atoms with E-state index in [1.54, 1.807) is 0 Å². The molecule has 0 unspecified atom stereocenters. The van der Waals surface area contributed by atoms with Gasteiger partial charge in [-0.25, -0.2) is 0 Å². The molecule has 0 amide bonds. The van der Waals surface area contributed by atoms with Crippen molar-refractivity contribution in [3.05, 3.63) is 35.5 Å². The van der Waals surface area contributed by atoms with Gasteiger partial charge in [0, 0.05) is 18.1 Å². The normalized spacial score (nSPS) is 11.4. The number of alkyl halides is 3. The lowest BCUT2D eigenvalue weighted by atomic mass is 10.2. The van der Waals surface area contributed by atoms with Crippen LogP contribution >= 0.6 is 11.5 Å². The SMILES string of the molecule is CCNc1snnc1COc1cccc(C(F)(F)F)c1. The van der Waals surface area contributed by atoms with Gasteiger partial charge in [0.1, 0.15) is 23.1 Å². The number of nitrogens with one attached hydrogen (secondary N) is 1. The number of hydrogen-bond acceptors (Lipinski definition) is 5. The van der Waals surface area contributed by atoms with Gasteiger partial charge >= 0.3 is 6.18 Å². The molecule has 2 rings (SSSR count). The van der Waals surface area contributed by atoms with Crippen molar-refractivity contribution in [3.8, 4) is 5.75 Å². The summed E-state index contributed by atoms with van der Waals surface area (Å²) in [7, 11) is 0. The Morgan fingerprint density at radius 1 is 1.35 bits per heavy atom. The van der Waals surface area contributed by atoms with Crippen molar-refractivity contribution in [3.63, 3.8) is 0 Å². The van der Waals surface area contributed by atoms with Gasteiger partial charge in [-0.15, -0.1) is 5.10 Å². The zero-order valence-electron chi connectivity index (χ0n) is 10.6. The van der Waals surface area contributed by atoms with Gasteiger partial charge in [0.25, 0.3) is 0 Å². The summed E-state index contributed by atoms with van der Waals surface area (Å²) in [5.41, 5.74) is -0.160. The molecule has 2 aromatic rings. The van der Waals surface area contributed by atoms with Gasteiger partial charge in [-0.05, 0) is 25.1 Å². The number of nitrogens with zero attached hydrogens (tertiary/aromatic N) is 2. The Balaban J connectivity index is 2.05. The summed E-state index contributed by atoms with van der Waals surface area (Å²) in [5.74, 6) is 0.148. The van der Waals surface area contributed by atoms with Crippen LogP contribution in [0.1, 0.15) is 18.2 Å². The lowest BCUT2D eigenvalue weighted by Gasteiger charge is -2.10. The van der Waals surface area contributed by atoms with E-state index in [1.807, 2.05) is 6.92 Å². The first kappa shape index (κ1) is 14.6. The Labute approximate surface area is 117 Å². The Morgan fingerprint density at radius 2 is 2.15 bits per heavy atom. The van der Waals surface area contributed by atoms with Gasteiger partial charge in [-0.1, -0.05) is 10.6 Å². The Hall–Kier alpha value is -1.83. The average molecular weight is 303 g/mol. The fraction of sp³-hybridized carbons (Fsp3) is 0.333. The van der Waals surface area contributed by atoms with Crippen LogP contribution in [0.5, 0.6) is 5.75 Å². The van der Waals surface area contributed by atoms with E-state index in [4.69, 9.17) is 4.74 Å². The highest BCUT2D eigenvalue weighted by Gasteiger charge is 2.30. The van der Waals surface area contributed by atoms with E-state index in [1.165, 1.54) is 23.7 Å². The number of aromatic nitrogens is 2. The van der Waals surface area contributed by atoms with Crippen LogP contribution in [0.3, 0.4) is 0 Å². The van der Waals surface area contributed by atoms with Crippen molar-refractivity contribution in [2.45, 2.75) is 19.7 Å². The third-order valence-electron chi connectivity index (χ3n) is 2.43. The number of benzene rings is 1. The van der Waals surface area contributed by atoms with Gasteiger partial charge in [0.05, 0.1) is 5.56 Å². The van der Waals surface area contributed by atoms with Gasteiger partial charge < -0.3 is 10.1 Å². The summed E-state index contributed by atoms with van der Waals surface area (Å²) in [6.45, 7) is 2.71. The molecule has 0 fully saturated rings. The van der Waals surface area contributed by atoms with Gasteiger partial charge in [0.15, 0.2) is 0 Å². The molecule has 108 valence electrons. The zero-order valence-corrected chi connectivity index (χ0v) is 11.4. The molecule has 1 N–H and O–H groups in total. The fourth-order valence-electron chi connectivity index (χ4n) is 1.51. The molecular weight excluding hydrogens is 291 g/mol. The lowest BCUT2D eigenvalue weighted by molar-refractivity contribution is -0.137. The Kier molecular flexibility index (Phi) is 4.43. The monoisotopic (exact) mass is 303 g/mol. The molecule has 0 radical (unpaired) electrons. The van der Waals surface area contributed by atoms with Crippen LogP contribution in [0.2, 0.25) is 0 Å². The van der Waals surface area contributed by atoms with Crippen LogP contribution in [-0.4, -0.2) is 16.1 Å². The molecule has 0 saturated heterocycles. The van der Waals surface area contributed by atoms with Crippen LogP contribution < -0.4 is 10.1 Å². The summed E-state index contributed by atoms with van der Waals surface area (Å²) in [5, 5.41) is 7.70. The summed E-state index contributed by atoms with van der Waals surface area (Å²) >= 11 is 1.18. The van der Waals surface area contributed by atoms with Crippen molar-refractivity contribution >= 4 is 16.5 Å². The molecule has 0 saturated carbocycles. The molecule has 1 aromatic heterocycles. The molecule has 20 heavy (non-hydrogen) atoms. The molecular formula is C12H12F3N3OS. The molecule has 0 spiro atoms. The summed E-state index contributed by atoms with van der Waals surface area (Å²) in [6, 6.07) is 4.75. The first-order valence-corrected chi connectivity index (χ1v) is 6.63. The van der Waals surface area contributed by atoms with Gasteiger partial charge in [-0.3, -0.25) is 0 Å². The molecule has 0 bridgehead atoms. The van der Waals surface area contributed by atoms with Gasteiger partial charge in [0.2, 0.25) is 0 Å². The van der Waals surface area contributed by atoms with E-state index < -0.39 is 11.7 Å². The number of hydrogen-bond donors (Lipinski definition) is 1. The highest BCUT2D eigenvalue weighted by atomic mass is 32.1. The van der Waals surface area contributed by atoms with E-state index in [2.05, 4.69) is 14.9 Å². The number of anilines is 1. The standard InChI is InChI=1S/C12H12F3N3OS/c1-2-16-11-10(17-18-20-11)7-19-9-5-3-4-8(6-9)12(13,14)15/h3-6,16H,2,7H2,1H3. The number of halogens is 3. The van der Waals surface area contributed by atoms with Crippen molar-refractivity contribution in [1.82, 2.24) is 9.59 Å². The van der Waals surface area contributed by atoms with E-state index in [0.29, 0.717) is 12.2 Å². The molecule has 0 atom stereocenters. The summed E-state index contributed by atoms with van der Waals surface area (Å²) in [4.78, 5) is 0. The maximum absolute atomic E-state index is 12.6. The second-order valence-corrected chi connectivity index (χ2v) is 4.65. The lowest BCUT2D eigenvalue weighted by Crippen LogP contribution is -2.06. The molecule has 0 aliphatic rings. The van der Waals surface area contributed by atoms with Crippen molar-refractivity contribution in [1.29, 1.82) is 0 Å². The first-order valence-electron chi connectivity index (χ1n) is 5.86. The molecule has 0 aliphatic heterocycles. The third kappa shape index (κ3) is 3.60. The fourth-order valence-corrected chi connectivity index (χ4v) is 2.15. The predicted octanol–water partition coefficient (Wildman–Crippen LogP) is 3.57. The topological polar surface area (TPSA) is 47.0 Å². The molecule has 0 aliphatic carbocycles. The van der Waals surface area contributed by atoms with Crippen LogP contribution in [0.4, 0.5) is 18.2 Å². The smallest absolute Gasteiger partial charge is 0.416 e. The van der Waals surface area contributed by atoms with E-state index in [0.717, 1.165) is 17.1 Å². The molecule has 4 nitrogen and oxygen atoms in total. The third-order valence-corrected chi connectivity index (χ3v) is 3.16. The predicted molar refractivity (Wildman–Crippen MR) is 69.8 cm³/mol. The molecule has 8 heteroatoms. The minimum atomic E-state index is -4.38. The minimum Gasteiger partial charge on any atom is -0.487 e. The average Bonchev–Trinajstić information content (AvgIpc) is 2.84. The van der Waals surface area contributed by atoms with Crippen LogP contribution in [0, 0.1) is 0 Å². The second kappa shape index (κ2) is 6.08. The Morgan fingerprint density at radius 3 is 2.85 bits per heavy atom. The molecule has 1 heterocycles. The summed E-state index contributed by atoms with van der Waals surface area (Å²) < 4.78 is 46.8. The number of ether oxygens (including phenoxy) is 1.